The summed E-state index contributed by atoms with van der Waals surface area (Å²) in [6, 6.07) is 5.57. The summed E-state index contributed by atoms with van der Waals surface area (Å²) in [5, 5.41) is 2.32. The van der Waals surface area contributed by atoms with Crippen molar-refractivity contribution in [3.8, 4) is 5.75 Å². The molecule has 1 saturated carbocycles. The fourth-order valence-electron chi connectivity index (χ4n) is 3.17. The summed E-state index contributed by atoms with van der Waals surface area (Å²) in [5.74, 6) is 1.56. The van der Waals surface area contributed by atoms with E-state index in [1.807, 2.05) is 12.1 Å². The van der Waals surface area contributed by atoms with Gasteiger partial charge in [0.25, 0.3) is 0 Å². The molecule has 2 aromatic rings. The maximum atomic E-state index is 10.8. The second kappa shape index (κ2) is 6.66. The molecule has 116 valence electrons. The maximum absolute atomic E-state index is 10.8. The molecule has 0 N–H and O–H groups in total. The van der Waals surface area contributed by atoms with Gasteiger partial charge in [-0.3, -0.25) is 9.78 Å². The molecule has 0 radical (unpaired) electrons. The fraction of sp³-hybridized carbons (Fsp3) is 0.444. The molecule has 3 nitrogen and oxygen atoms in total. The summed E-state index contributed by atoms with van der Waals surface area (Å²) < 4.78 is 6.11. The van der Waals surface area contributed by atoms with Gasteiger partial charge in [0.05, 0.1) is 11.1 Å². The number of halogens is 1. The Morgan fingerprint density at radius 3 is 2.77 bits per heavy atom. The Morgan fingerprint density at radius 2 is 2.09 bits per heavy atom. The van der Waals surface area contributed by atoms with Crippen molar-refractivity contribution in [2.24, 2.45) is 5.92 Å². The van der Waals surface area contributed by atoms with Crippen LogP contribution >= 0.6 is 11.6 Å². The topological polar surface area (TPSA) is 39.2 Å². The van der Waals surface area contributed by atoms with Crippen molar-refractivity contribution >= 4 is 28.7 Å². The van der Waals surface area contributed by atoms with Gasteiger partial charge in [0.15, 0.2) is 6.29 Å². The standard InChI is InChI=1S/C18H20ClNO2/c1-2-12-3-6-15(7-4-12)22-17-8-5-13-9-14(11-21)20-10-16(13)18(17)19/h5,8-12,15H,2-4,6-7H2,1H3. The van der Waals surface area contributed by atoms with Gasteiger partial charge in [-0.25, -0.2) is 0 Å². The number of carbonyl (C=O) groups excluding carboxylic acids is 1. The van der Waals surface area contributed by atoms with Crippen molar-refractivity contribution in [1.82, 2.24) is 4.98 Å². The summed E-state index contributed by atoms with van der Waals surface area (Å²) in [6.45, 7) is 2.26. The molecule has 1 aromatic heterocycles. The molecule has 22 heavy (non-hydrogen) atoms. The summed E-state index contributed by atoms with van der Waals surface area (Å²) in [5.41, 5.74) is 0.412. The van der Waals surface area contributed by atoms with E-state index in [1.165, 1.54) is 19.3 Å². The van der Waals surface area contributed by atoms with Crippen molar-refractivity contribution < 1.29 is 9.53 Å². The Bertz CT molecular complexity index is 678. The number of carbonyl (C=O) groups is 1. The second-order valence-electron chi connectivity index (χ2n) is 5.99. The molecule has 1 aliphatic rings. The van der Waals surface area contributed by atoms with Gasteiger partial charge in [-0.1, -0.05) is 31.0 Å². The Balaban J connectivity index is 1.80. The Kier molecular flexibility index (Phi) is 4.63. The number of rotatable bonds is 4. The predicted molar refractivity (Wildman–Crippen MR) is 88.8 cm³/mol. The third kappa shape index (κ3) is 3.09. The lowest BCUT2D eigenvalue weighted by Crippen LogP contribution is -2.24. The van der Waals surface area contributed by atoms with Crippen molar-refractivity contribution in [2.75, 3.05) is 0 Å². The van der Waals surface area contributed by atoms with Gasteiger partial charge in [0.2, 0.25) is 0 Å². The fourth-order valence-corrected chi connectivity index (χ4v) is 3.44. The number of hydrogen-bond donors (Lipinski definition) is 0. The van der Waals surface area contributed by atoms with E-state index in [0.717, 1.165) is 41.6 Å². The number of pyridine rings is 1. The minimum atomic E-state index is 0.250. The number of hydrogen-bond acceptors (Lipinski definition) is 3. The first-order chi connectivity index (χ1) is 10.7. The molecule has 1 aliphatic carbocycles. The van der Waals surface area contributed by atoms with Gasteiger partial charge in [-0.2, -0.15) is 0 Å². The Hall–Kier alpha value is -1.61. The van der Waals surface area contributed by atoms with Crippen LogP contribution in [0.15, 0.2) is 24.4 Å². The minimum absolute atomic E-state index is 0.250. The van der Waals surface area contributed by atoms with Crippen LogP contribution in [0, 0.1) is 5.92 Å². The lowest BCUT2D eigenvalue weighted by Gasteiger charge is -2.28. The Morgan fingerprint density at radius 1 is 1.32 bits per heavy atom. The van der Waals surface area contributed by atoms with Gasteiger partial charge in [-0.15, -0.1) is 0 Å². The number of nitrogens with zero attached hydrogens (tertiary/aromatic N) is 1. The Labute approximate surface area is 135 Å². The molecule has 0 saturated heterocycles. The normalized spacial score (nSPS) is 21.7. The number of benzene rings is 1. The van der Waals surface area contributed by atoms with Gasteiger partial charge in [-0.05, 0) is 49.1 Å². The van der Waals surface area contributed by atoms with Crippen molar-refractivity contribution in [1.29, 1.82) is 0 Å². The van der Waals surface area contributed by atoms with E-state index in [0.29, 0.717) is 10.7 Å². The van der Waals surface area contributed by atoms with Crippen LogP contribution in [0.1, 0.15) is 49.5 Å². The van der Waals surface area contributed by atoms with Crippen LogP contribution in [0.4, 0.5) is 0 Å². The van der Waals surface area contributed by atoms with Crippen LogP contribution in [0.25, 0.3) is 10.8 Å². The monoisotopic (exact) mass is 317 g/mol. The molecule has 0 amide bonds. The molecular formula is C18H20ClNO2. The SMILES string of the molecule is CCC1CCC(Oc2ccc3cc(C=O)ncc3c2Cl)CC1. The zero-order valence-electron chi connectivity index (χ0n) is 12.7. The smallest absolute Gasteiger partial charge is 0.168 e. The quantitative estimate of drug-likeness (QED) is 0.741. The van der Waals surface area contributed by atoms with Gasteiger partial charge < -0.3 is 4.74 Å². The van der Waals surface area contributed by atoms with Crippen LogP contribution in [0.3, 0.4) is 0 Å². The summed E-state index contributed by atoms with van der Waals surface area (Å²) in [4.78, 5) is 14.9. The van der Waals surface area contributed by atoms with E-state index in [-0.39, 0.29) is 6.10 Å². The van der Waals surface area contributed by atoms with E-state index < -0.39 is 0 Å². The first kappa shape index (κ1) is 15.3. The average Bonchev–Trinajstić information content (AvgIpc) is 2.57. The van der Waals surface area contributed by atoms with Crippen LogP contribution in [-0.4, -0.2) is 17.4 Å². The highest BCUT2D eigenvalue weighted by Crippen LogP contribution is 2.36. The molecule has 4 heteroatoms. The first-order valence-electron chi connectivity index (χ1n) is 7.91. The van der Waals surface area contributed by atoms with Gasteiger partial charge >= 0.3 is 0 Å². The zero-order valence-corrected chi connectivity index (χ0v) is 13.5. The highest BCUT2D eigenvalue weighted by molar-refractivity contribution is 6.37. The first-order valence-corrected chi connectivity index (χ1v) is 8.29. The highest BCUT2D eigenvalue weighted by atomic mass is 35.5. The largest absolute Gasteiger partial charge is 0.489 e. The third-order valence-corrected chi connectivity index (χ3v) is 5.00. The third-order valence-electron chi connectivity index (χ3n) is 4.61. The van der Waals surface area contributed by atoms with Crippen molar-refractivity contribution in [2.45, 2.75) is 45.1 Å². The van der Waals surface area contributed by atoms with Crippen LogP contribution in [0.5, 0.6) is 5.75 Å². The second-order valence-corrected chi connectivity index (χ2v) is 6.37. The highest BCUT2D eigenvalue weighted by Gasteiger charge is 2.22. The van der Waals surface area contributed by atoms with Crippen molar-refractivity contribution in [3.63, 3.8) is 0 Å². The van der Waals surface area contributed by atoms with E-state index >= 15 is 0 Å². The number of aldehydes is 1. The van der Waals surface area contributed by atoms with Gasteiger partial charge in [0.1, 0.15) is 11.4 Å². The molecule has 1 fully saturated rings. The molecule has 3 rings (SSSR count). The van der Waals surface area contributed by atoms with E-state index in [9.17, 15) is 4.79 Å². The lowest BCUT2D eigenvalue weighted by atomic mass is 9.86. The predicted octanol–water partition coefficient (Wildman–Crippen LogP) is 5.05. The molecule has 0 spiro atoms. The van der Waals surface area contributed by atoms with Crippen LogP contribution < -0.4 is 4.74 Å². The number of ether oxygens (including phenoxy) is 1. The average molecular weight is 318 g/mol. The molecule has 1 aromatic carbocycles. The van der Waals surface area contributed by atoms with E-state index in [2.05, 4.69) is 11.9 Å². The van der Waals surface area contributed by atoms with Crippen molar-refractivity contribution in [3.05, 3.63) is 35.1 Å². The molecular weight excluding hydrogens is 298 g/mol. The number of fused-ring (bicyclic) bond motifs is 1. The molecule has 0 aliphatic heterocycles. The summed E-state index contributed by atoms with van der Waals surface area (Å²) in [7, 11) is 0. The van der Waals surface area contributed by atoms with Gasteiger partial charge in [0, 0.05) is 11.6 Å². The lowest BCUT2D eigenvalue weighted by molar-refractivity contribution is 0.111. The van der Waals surface area contributed by atoms with E-state index in [1.54, 1.807) is 12.3 Å². The number of aromatic nitrogens is 1. The molecule has 0 bridgehead atoms. The summed E-state index contributed by atoms with van der Waals surface area (Å²) in [6.07, 6.45) is 8.54. The minimum Gasteiger partial charge on any atom is -0.489 e. The zero-order chi connectivity index (χ0) is 15.5. The molecule has 1 heterocycles. The summed E-state index contributed by atoms with van der Waals surface area (Å²) >= 11 is 6.46. The maximum Gasteiger partial charge on any atom is 0.168 e. The van der Waals surface area contributed by atoms with E-state index in [4.69, 9.17) is 16.3 Å². The molecule has 0 atom stereocenters. The van der Waals surface area contributed by atoms with Crippen LogP contribution in [-0.2, 0) is 0 Å². The molecule has 0 unspecified atom stereocenters. The van der Waals surface area contributed by atoms with Crippen LogP contribution in [0.2, 0.25) is 5.02 Å².